The monoisotopic (exact) mass is 590 g/mol. The average Bonchev–Trinajstić information content (AvgIpc) is 3.43. The van der Waals surface area contributed by atoms with E-state index in [-0.39, 0.29) is 7.25 Å². The Kier molecular flexibility index (Phi) is 6.88. The van der Waals surface area contributed by atoms with Crippen molar-refractivity contribution in [1.82, 2.24) is 0 Å². The molecule has 4 rings (SSSR count). The zero-order valence-corrected chi connectivity index (χ0v) is 26.4. The maximum atomic E-state index is 8.02. The molecule has 0 saturated heterocycles. The molecule has 2 atom stereocenters. The third-order valence-electron chi connectivity index (χ3n) is 7.68. The molecule has 2 aliphatic rings. The number of allylic oxidation sites excluding steroid dienone is 2. The van der Waals surface area contributed by atoms with Gasteiger partial charge < -0.3 is 0 Å². The van der Waals surface area contributed by atoms with Crippen molar-refractivity contribution in [3.63, 3.8) is 0 Å². The van der Waals surface area contributed by atoms with Crippen LogP contribution >= 0.6 is 17.0 Å². The molecule has 2 aromatic carbocycles. The summed E-state index contributed by atoms with van der Waals surface area (Å²) in [4.78, 5) is 8.72. The summed E-state index contributed by atoms with van der Waals surface area (Å²) in [6, 6.07) is 8.81. The first-order valence-corrected chi connectivity index (χ1v) is 22.7. The van der Waals surface area contributed by atoms with Gasteiger partial charge in [-0.25, -0.2) is 0 Å². The molecule has 0 radical (unpaired) electrons. The van der Waals surface area contributed by atoms with Gasteiger partial charge in [-0.3, -0.25) is 0 Å². The molecule has 0 heterocycles. The second-order valence-electron chi connectivity index (χ2n) is 10.6. The molecule has 2 aromatic rings. The Morgan fingerprint density at radius 1 is 0.600 bits per heavy atom. The van der Waals surface area contributed by atoms with E-state index in [2.05, 4.69) is 135 Å². The summed E-state index contributed by atoms with van der Waals surface area (Å²) in [5.74, 6) is 0. The van der Waals surface area contributed by atoms with E-state index in [1.807, 2.05) is 0 Å². The summed E-state index contributed by atoms with van der Waals surface area (Å²) in [6.07, 6.45) is 9.05. The summed E-state index contributed by atoms with van der Waals surface area (Å²) in [5, 5.41) is 0. The van der Waals surface area contributed by atoms with E-state index < -0.39 is 15.9 Å². The Bertz CT molecular complexity index is 1210. The summed E-state index contributed by atoms with van der Waals surface area (Å²) < 4.78 is 2.15. The fourth-order valence-corrected chi connectivity index (χ4v) is 19.3. The molecule has 7 heteroatoms. The third kappa shape index (κ3) is 4.03. The van der Waals surface area contributed by atoms with E-state index >= 15 is 0 Å². The minimum absolute atomic E-state index is 0.0318. The van der Waals surface area contributed by atoms with Gasteiger partial charge >= 0.3 is 220 Å². The summed E-state index contributed by atoms with van der Waals surface area (Å²) in [5.41, 5.74) is 9.72. The van der Waals surface area contributed by atoms with Gasteiger partial charge in [-0.05, 0) is 0 Å². The number of hydrogen-bond donors (Lipinski definition) is 0. The Hall–Kier alpha value is -1.55. The van der Waals surface area contributed by atoms with Gasteiger partial charge in [-0.15, -0.1) is 0 Å². The molecule has 35 heavy (non-hydrogen) atoms. The van der Waals surface area contributed by atoms with Crippen LogP contribution < -0.4 is 19.6 Å². The molecule has 0 fully saturated rings. The van der Waals surface area contributed by atoms with Gasteiger partial charge in [0.25, 0.3) is 0 Å². The van der Waals surface area contributed by atoms with Crippen molar-refractivity contribution >= 4 is 55.6 Å². The van der Waals surface area contributed by atoms with Gasteiger partial charge in [-0.1, -0.05) is 0 Å². The Balaban J connectivity index is 2.01. The van der Waals surface area contributed by atoms with E-state index in [9.17, 15) is 0 Å². The Labute approximate surface area is 219 Å². The minimum atomic E-state index is -4.77. The molecule has 0 aliphatic heterocycles. The van der Waals surface area contributed by atoms with Crippen LogP contribution in [0.1, 0.15) is 36.4 Å². The first-order valence-electron chi connectivity index (χ1n) is 12.1. The molecule has 4 nitrogen and oxygen atoms in total. The number of benzene rings is 2. The van der Waals surface area contributed by atoms with E-state index in [4.69, 9.17) is 17.0 Å². The van der Waals surface area contributed by atoms with Crippen molar-refractivity contribution in [2.75, 3.05) is 76.0 Å². The summed E-state index contributed by atoms with van der Waals surface area (Å²) in [6.45, 7) is 2.08. The summed E-state index contributed by atoms with van der Waals surface area (Å²) in [7, 11) is 32.8. The van der Waals surface area contributed by atoms with Gasteiger partial charge in [-0.2, -0.15) is 0 Å². The van der Waals surface area contributed by atoms with Crippen LogP contribution in [0.3, 0.4) is 0 Å². The third-order valence-corrected chi connectivity index (χ3v) is 26.7. The zero-order chi connectivity index (χ0) is 25.9. The first-order chi connectivity index (χ1) is 16.3. The van der Waals surface area contributed by atoms with Crippen LogP contribution in [-0.2, 0) is 15.9 Å². The van der Waals surface area contributed by atoms with E-state index in [0.717, 1.165) is 0 Å². The number of fused-ring (bicyclic) bond motifs is 2. The van der Waals surface area contributed by atoms with Gasteiger partial charge in [0, 0.05) is 0 Å². The fraction of sp³-hybridized carbons (Fsp3) is 0.393. The van der Waals surface area contributed by atoms with Crippen molar-refractivity contribution in [2.45, 2.75) is 14.2 Å². The quantitative estimate of drug-likeness (QED) is 0.375. The van der Waals surface area contributed by atoms with Crippen LogP contribution in [0.5, 0.6) is 0 Å². The van der Waals surface area contributed by atoms with Crippen molar-refractivity contribution in [1.29, 1.82) is 0 Å². The molecule has 0 amide bonds. The number of nitrogens with zero attached hydrogens (tertiary/aromatic N) is 4. The molecule has 2 aliphatic carbocycles. The molecule has 188 valence electrons. The van der Waals surface area contributed by atoms with Gasteiger partial charge in [0.2, 0.25) is 0 Å². The second-order valence-corrected chi connectivity index (χ2v) is 32.3. The average molecular weight is 593 g/mol. The normalized spacial score (nSPS) is 18.4. The fourth-order valence-electron chi connectivity index (χ4n) is 5.84. The van der Waals surface area contributed by atoms with Gasteiger partial charge in [0.05, 0.1) is 0 Å². The predicted octanol–water partition coefficient (Wildman–Crippen LogP) is 6.61. The van der Waals surface area contributed by atoms with E-state index in [0.29, 0.717) is 0 Å². The topological polar surface area (TPSA) is 13.0 Å². The molecule has 0 aromatic heterocycles. The summed E-state index contributed by atoms with van der Waals surface area (Å²) >= 11 is -4.77. The van der Waals surface area contributed by atoms with Crippen LogP contribution in [0.15, 0.2) is 36.4 Å². The van der Waals surface area contributed by atoms with Crippen LogP contribution in [0.4, 0.5) is 22.7 Å². The standard InChI is InChI=1S/2C13H17N2.C2H4.2ClH.Zr/c2*1-14(2)12-8-9-13(15(3)4)11-7-5-6-10(11)12;1-2;;;/h2*5-9H,1-4H3;1H,2H3;2*1H;/q;;;;;+2/p-2. The molecule has 0 saturated carbocycles. The second kappa shape index (κ2) is 9.08. The number of anilines is 4. The number of halogens is 2. The molecule has 0 spiro atoms. The maximum absolute atomic E-state index is 8.02. The van der Waals surface area contributed by atoms with Crippen LogP contribution in [0.25, 0.3) is 12.2 Å². The molecule has 0 bridgehead atoms. The Morgan fingerprint density at radius 3 is 1.20 bits per heavy atom. The van der Waals surface area contributed by atoms with Crippen molar-refractivity contribution in [3.8, 4) is 0 Å². The molecular weight excluding hydrogens is 554 g/mol. The van der Waals surface area contributed by atoms with Crippen molar-refractivity contribution in [2.24, 2.45) is 0 Å². The molecular formula is C28H38Cl2N4Zr. The SMILES string of the molecule is C[CH]=[Zr]([Cl])([Cl])([CH]1C=Cc2c(N(C)C)ccc(N(C)C)c21)[CH]1C=Cc2c(N(C)C)ccc(N(C)C)c21. The van der Waals surface area contributed by atoms with Crippen molar-refractivity contribution < 1.29 is 15.9 Å². The van der Waals surface area contributed by atoms with Crippen LogP contribution in [0.2, 0.25) is 0 Å². The van der Waals surface area contributed by atoms with Gasteiger partial charge in [0.15, 0.2) is 0 Å². The zero-order valence-electron chi connectivity index (χ0n) is 22.4. The molecule has 0 N–H and O–H groups in total. The molecule has 2 unspecified atom stereocenters. The van der Waals surface area contributed by atoms with Crippen molar-refractivity contribution in [3.05, 3.63) is 58.7 Å². The first kappa shape index (κ1) is 26.5. The Morgan fingerprint density at radius 2 is 0.914 bits per heavy atom. The number of hydrogen-bond acceptors (Lipinski definition) is 4. The number of rotatable bonds is 6. The van der Waals surface area contributed by atoms with E-state index in [1.54, 1.807) is 0 Å². The predicted molar refractivity (Wildman–Crippen MR) is 157 cm³/mol. The van der Waals surface area contributed by atoms with E-state index in [1.165, 1.54) is 45.0 Å². The van der Waals surface area contributed by atoms with Crippen LogP contribution in [-0.4, -0.2) is 60.1 Å². The van der Waals surface area contributed by atoms with Crippen LogP contribution in [0, 0.1) is 0 Å². The van der Waals surface area contributed by atoms with Gasteiger partial charge in [0.1, 0.15) is 0 Å².